The topological polar surface area (TPSA) is 63.5 Å². The van der Waals surface area contributed by atoms with Crippen LogP contribution in [-0.2, 0) is 13.0 Å². The Balaban J connectivity index is 0.00000392. The van der Waals surface area contributed by atoms with Crippen LogP contribution < -0.4 is 15.4 Å². The number of nitrogens with zero attached hydrogens (tertiary/aromatic N) is 3. The van der Waals surface area contributed by atoms with Crippen molar-refractivity contribution in [2.45, 2.75) is 40.2 Å². The van der Waals surface area contributed by atoms with Gasteiger partial charge in [-0.1, -0.05) is 17.7 Å². The molecule has 2 N–H and O–H groups in total. The Kier molecular flexibility index (Phi) is 11.3. The second-order valence-electron chi connectivity index (χ2n) is 6.40. The highest BCUT2D eigenvalue weighted by atomic mass is 127. The minimum absolute atomic E-state index is 0. The molecule has 0 aliphatic rings. The van der Waals surface area contributed by atoms with Gasteiger partial charge in [0.1, 0.15) is 5.75 Å². The number of guanidine groups is 1. The second kappa shape index (κ2) is 12.9. The van der Waals surface area contributed by atoms with Gasteiger partial charge < -0.3 is 15.4 Å². The normalized spacial score (nSPS) is 11.1. The number of aromatic nitrogens is 2. The molecule has 0 saturated heterocycles. The van der Waals surface area contributed by atoms with Crippen LogP contribution in [0.2, 0.25) is 5.02 Å². The quantitative estimate of drug-likeness (QED) is 0.228. The molecule has 0 amide bonds. The first-order valence-corrected chi connectivity index (χ1v) is 9.77. The van der Waals surface area contributed by atoms with E-state index in [9.17, 15) is 0 Å². The Morgan fingerprint density at radius 3 is 2.64 bits per heavy atom. The molecule has 1 aromatic heterocycles. The van der Waals surface area contributed by atoms with Gasteiger partial charge in [-0.05, 0) is 57.4 Å². The summed E-state index contributed by atoms with van der Waals surface area (Å²) in [4.78, 5) is 4.65. The lowest BCUT2D eigenvalue weighted by atomic mass is 10.1. The van der Waals surface area contributed by atoms with E-state index >= 15 is 0 Å². The van der Waals surface area contributed by atoms with Crippen molar-refractivity contribution < 1.29 is 4.74 Å². The third-order valence-electron chi connectivity index (χ3n) is 4.19. The maximum absolute atomic E-state index is 6.30. The monoisotopic (exact) mass is 519 g/mol. The summed E-state index contributed by atoms with van der Waals surface area (Å²) in [6.07, 6.45) is 1.77. The van der Waals surface area contributed by atoms with Gasteiger partial charge in [0.2, 0.25) is 0 Å². The van der Waals surface area contributed by atoms with Crippen molar-refractivity contribution in [2.75, 3.05) is 26.7 Å². The van der Waals surface area contributed by atoms with Gasteiger partial charge in [-0.2, -0.15) is 5.10 Å². The summed E-state index contributed by atoms with van der Waals surface area (Å²) in [5.41, 5.74) is 3.34. The Bertz CT molecular complexity index is 763. The molecule has 2 aromatic rings. The van der Waals surface area contributed by atoms with Crippen molar-refractivity contribution >= 4 is 41.5 Å². The van der Waals surface area contributed by atoms with Crippen molar-refractivity contribution in [2.24, 2.45) is 4.99 Å². The van der Waals surface area contributed by atoms with Crippen molar-refractivity contribution in [3.63, 3.8) is 0 Å². The summed E-state index contributed by atoms with van der Waals surface area (Å²) in [7, 11) is 1.64. The van der Waals surface area contributed by atoms with Crippen LogP contribution in [0.4, 0.5) is 0 Å². The average Bonchev–Trinajstić information content (AvgIpc) is 2.97. The molecule has 1 aromatic carbocycles. The van der Waals surface area contributed by atoms with Crippen LogP contribution in [0.3, 0.4) is 0 Å². The third kappa shape index (κ3) is 7.87. The molecule has 0 fully saturated rings. The number of methoxy groups -OCH3 is 1. The SMILES string of the molecule is CCNC(=NCCCn1nc(C)cc1C)NCCc1ccc(OC)cc1Cl.I. The van der Waals surface area contributed by atoms with Gasteiger partial charge >= 0.3 is 0 Å². The Morgan fingerprint density at radius 2 is 2.04 bits per heavy atom. The van der Waals surface area contributed by atoms with Crippen molar-refractivity contribution in [1.29, 1.82) is 0 Å². The molecule has 0 aliphatic carbocycles. The molecular weight excluding hydrogens is 489 g/mol. The Morgan fingerprint density at radius 1 is 1.25 bits per heavy atom. The average molecular weight is 520 g/mol. The summed E-state index contributed by atoms with van der Waals surface area (Å²) in [6.45, 7) is 9.37. The van der Waals surface area contributed by atoms with Gasteiger partial charge in [-0.3, -0.25) is 9.67 Å². The maximum atomic E-state index is 6.30. The largest absolute Gasteiger partial charge is 0.497 e. The van der Waals surface area contributed by atoms with E-state index in [0.717, 1.165) is 67.0 Å². The van der Waals surface area contributed by atoms with Crippen molar-refractivity contribution in [3.8, 4) is 5.75 Å². The van der Waals surface area contributed by atoms with Gasteiger partial charge in [0.25, 0.3) is 0 Å². The van der Waals surface area contributed by atoms with E-state index in [2.05, 4.69) is 40.6 Å². The summed E-state index contributed by atoms with van der Waals surface area (Å²) >= 11 is 6.30. The van der Waals surface area contributed by atoms with Gasteiger partial charge in [0.05, 0.1) is 12.8 Å². The molecule has 8 heteroatoms. The van der Waals surface area contributed by atoms with E-state index in [-0.39, 0.29) is 24.0 Å². The van der Waals surface area contributed by atoms with E-state index in [1.807, 2.05) is 29.8 Å². The van der Waals surface area contributed by atoms with E-state index in [0.29, 0.717) is 0 Å². The van der Waals surface area contributed by atoms with Crippen LogP contribution in [-0.4, -0.2) is 42.5 Å². The molecule has 0 unspecified atom stereocenters. The maximum Gasteiger partial charge on any atom is 0.191 e. The Hall–Kier alpha value is -1.48. The Labute approximate surface area is 190 Å². The first-order valence-electron chi connectivity index (χ1n) is 9.39. The predicted molar refractivity (Wildman–Crippen MR) is 127 cm³/mol. The molecule has 0 atom stereocenters. The van der Waals surface area contributed by atoms with Gasteiger partial charge in [-0.25, -0.2) is 0 Å². The molecule has 2 rings (SSSR count). The lowest BCUT2D eigenvalue weighted by Crippen LogP contribution is -2.38. The number of nitrogens with one attached hydrogen (secondary N) is 2. The molecule has 156 valence electrons. The zero-order chi connectivity index (χ0) is 19.6. The lowest BCUT2D eigenvalue weighted by Gasteiger charge is -2.12. The summed E-state index contributed by atoms with van der Waals surface area (Å²) in [5.74, 6) is 1.60. The highest BCUT2D eigenvalue weighted by molar-refractivity contribution is 14.0. The number of halogens is 2. The number of aliphatic imine (C=N–C) groups is 1. The van der Waals surface area contributed by atoms with Crippen LogP contribution >= 0.6 is 35.6 Å². The fourth-order valence-corrected chi connectivity index (χ4v) is 3.09. The molecule has 6 nitrogen and oxygen atoms in total. The van der Waals surface area contributed by atoms with E-state index in [1.165, 1.54) is 5.69 Å². The first-order chi connectivity index (χ1) is 13.0. The molecule has 0 saturated carbocycles. The minimum Gasteiger partial charge on any atom is -0.497 e. The van der Waals surface area contributed by atoms with Crippen LogP contribution in [0.1, 0.15) is 30.3 Å². The number of aryl methyl sites for hydroxylation is 3. The van der Waals surface area contributed by atoms with Crippen molar-refractivity contribution in [1.82, 2.24) is 20.4 Å². The fraction of sp³-hybridized carbons (Fsp3) is 0.500. The molecule has 0 bridgehead atoms. The molecule has 28 heavy (non-hydrogen) atoms. The fourth-order valence-electron chi connectivity index (χ4n) is 2.83. The summed E-state index contributed by atoms with van der Waals surface area (Å²) in [5, 5.41) is 11.9. The lowest BCUT2D eigenvalue weighted by molar-refractivity contribution is 0.414. The minimum atomic E-state index is 0. The number of hydrogen-bond acceptors (Lipinski definition) is 3. The highest BCUT2D eigenvalue weighted by Crippen LogP contribution is 2.22. The van der Waals surface area contributed by atoms with Crippen LogP contribution in [0.25, 0.3) is 0 Å². The van der Waals surface area contributed by atoms with E-state index in [1.54, 1.807) is 7.11 Å². The van der Waals surface area contributed by atoms with Gasteiger partial charge in [0, 0.05) is 36.9 Å². The summed E-state index contributed by atoms with van der Waals surface area (Å²) < 4.78 is 7.22. The molecule has 0 radical (unpaired) electrons. The standard InChI is InChI=1S/C20H30ClN5O.HI/c1-5-22-20(23-10-6-12-26-16(3)13-15(2)25-26)24-11-9-17-7-8-18(27-4)14-19(17)21;/h7-8,13-14H,5-6,9-12H2,1-4H3,(H2,22,23,24);1H. The second-order valence-corrected chi connectivity index (χ2v) is 6.81. The van der Waals surface area contributed by atoms with Crippen LogP contribution in [0.15, 0.2) is 29.3 Å². The number of rotatable bonds is 9. The molecule has 0 spiro atoms. The molecule has 0 aliphatic heterocycles. The smallest absolute Gasteiger partial charge is 0.191 e. The van der Waals surface area contributed by atoms with Gasteiger partial charge in [0.15, 0.2) is 5.96 Å². The third-order valence-corrected chi connectivity index (χ3v) is 4.54. The predicted octanol–water partition coefficient (Wildman–Crippen LogP) is 3.97. The van der Waals surface area contributed by atoms with E-state index < -0.39 is 0 Å². The van der Waals surface area contributed by atoms with Crippen LogP contribution in [0.5, 0.6) is 5.75 Å². The molecular formula is C20H31ClIN5O. The number of ether oxygens (including phenoxy) is 1. The highest BCUT2D eigenvalue weighted by Gasteiger charge is 2.04. The zero-order valence-corrected chi connectivity index (χ0v) is 20.2. The number of hydrogen-bond donors (Lipinski definition) is 2. The summed E-state index contributed by atoms with van der Waals surface area (Å²) in [6, 6.07) is 7.87. The first kappa shape index (κ1) is 24.6. The molecule has 1 heterocycles. The zero-order valence-electron chi connectivity index (χ0n) is 17.1. The van der Waals surface area contributed by atoms with Crippen LogP contribution in [0, 0.1) is 13.8 Å². The van der Waals surface area contributed by atoms with E-state index in [4.69, 9.17) is 16.3 Å². The van der Waals surface area contributed by atoms with Crippen molar-refractivity contribution in [3.05, 3.63) is 46.2 Å². The number of benzene rings is 1. The van der Waals surface area contributed by atoms with Gasteiger partial charge in [-0.15, -0.1) is 24.0 Å².